The molecule has 1 N–H and O–H groups in total. The standard InChI is InChI=1S/C10H8O.C3H6/c11-10-7-3-5-8-4-1-2-6-9(8)10;1-3-2/h1-7,11H;3H,1H2,2H3. The van der Waals surface area contributed by atoms with Crippen molar-refractivity contribution in [2.24, 2.45) is 0 Å². The lowest BCUT2D eigenvalue weighted by molar-refractivity contribution is 0.481. The molecule has 1 nitrogen and oxygen atoms in total. The Balaban J connectivity index is 0.000000293. The minimum Gasteiger partial charge on any atom is -0.507 e. The van der Waals surface area contributed by atoms with Crippen molar-refractivity contribution in [1.82, 2.24) is 0 Å². The first-order chi connectivity index (χ1) is 6.79. The molecule has 72 valence electrons. The third-order valence-electron chi connectivity index (χ3n) is 1.77. The Morgan fingerprint density at radius 2 is 1.64 bits per heavy atom. The molecule has 0 fully saturated rings. The van der Waals surface area contributed by atoms with E-state index >= 15 is 0 Å². The number of aromatic hydroxyl groups is 1. The van der Waals surface area contributed by atoms with Crippen LogP contribution in [-0.4, -0.2) is 5.11 Å². The Morgan fingerprint density at radius 3 is 2.29 bits per heavy atom. The van der Waals surface area contributed by atoms with Crippen molar-refractivity contribution < 1.29 is 5.11 Å². The topological polar surface area (TPSA) is 20.2 Å². The second-order valence-electron chi connectivity index (χ2n) is 2.91. The number of allylic oxidation sites excluding steroid dienone is 1. The summed E-state index contributed by atoms with van der Waals surface area (Å²) in [6, 6.07) is 13.3. The van der Waals surface area contributed by atoms with Crippen LogP contribution in [0.2, 0.25) is 0 Å². The Hall–Kier alpha value is -1.76. The molecule has 2 aromatic carbocycles. The first-order valence-electron chi connectivity index (χ1n) is 4.53. The van der Waals surface area contributed by atoms with Gasteiger partial charge in [0.15, 0.2) is 0 Å². The molecule has 0 radical (unpaired) electrons. The zero-order valence-corrected chi connectivity index (χ0v) is 8.27. The molecule has 2 rings (SSSR count). The van der Waals surface area contributed by atoms with Gasteiger partial charge in [0.2, 0.25) is 0 Å². The SMILES string of the molecule is C=CC.Oc1cccc2ccccc12. The van der Waals surface area contributed by atoms with Crippen LogP contribution in [0.15, 0.2) is 55.1 Å². The summed E-state index contributed by atoms with van der Waals surface area (Å²) in [7, 11) is 0. The molecule has 0 aromatic heterocycles. The lowest BCUT2D eigenvalue weighted by Gasteiger charge is -1.97. The predicted molar refractivity (Wildman–Crippen MR) is 61.5 cm³/mol. The minimum absolute atomic E-state index is 0.350. The van der Waals surface area contributed by atoms with E-state index in [4.69, 9.17) is 0 Å². The van der Waals surface area contributed by atoms with Crippen molar-refractivity contribution in [2.45, 2.75) is 6.92 Å². The van der Waals surface area contributed by atoms with Crippen molar-refractivity contribution in [1.29, 1.82) is 0 Å². The van der Waals surface area contributed by atoms with Crippen LogP contribution in [0.25, 0.3) is 10.8 Å². The summed E-state index contributed by atoms with van der Waals surface area (Å²) in [5, 5.41) is 11.4. The van der Waals surface area contributed by atoms with Gasteiger partial charge in [0, 0.05) is 5.39 Å². The smallest absolute Gasteiger partial charge is 0.123 e. The maximum Gasteiger partial charge on any atom is 0.123 e. The first kappa shape index (κ1) is 10.3. The Kier molecular flexibility index (Phi) is 3.74. The van der Waals surface area contributed by atoms with Crippen molar-refractivity contribution in [3.05, 3.63) is 55.1 Å². The fourth-order valence-electron chi connectivity index (χ4n) is 1.21. The molecule has 0 spiro atoms. The highest BCUT2D eigenvalue weighted by molar-refractivity contribution is 5.87. The van der Waals surface area contributed by atoms with E-state index in [0.717, 1.165) is 10.8 Å². The molecule has 0 saturated carbocycles. The maximum atomic E-state index is 9.37. The van der Waals surface area contributed by atoms with Gasteiger partial charge in [-0.1, -0.05) is 42.5 Å². The number of benzene rings is 2. The summed E-state index contributed by atoms with van der Waals surface area (Å²) >= 11 is 0. The number of rotatable bonds is 0. The molecule has 0 aliphatic carbocycles. The van der Waals surface area contributed by atoms with Gasteiger partial charge < -0.3 is 5.11 Å². The van der Waals surface area contributed by atoms with E-state index < -0.39 is 0 Å². The van der Waals surface area contributed by atoms with Crippen LogP contribution in [0.1, 0.15) is 6.92 Å². The van der Waals surface area contributed by atoms with Crippen molar-refractivity contribution in [3.63, 3.8) is 0 Å². The average Bonchev–Trinajstić information content (AvgIpc) is 2.20. The molecule has 0 aliphatic rings. The van der Waals surface area contributed by atoms with E-state index in [9.17, 15) is 5.11 Å². The third-order valence-corrected chi connectivity index (χ3v) is 1.77. The summed E-state index contributed by atoms with van der Waals surface area (Å²) in [6.07, 6.45) is 1.75. The molecular formula is C13H14O. The van der Waals surface area contributed by atoms with Crippen molar-refractivity contribution in [2.75, 3.05) is 0 Å². The lowest BCUT2D eigenvalue weighted by Crippen LogP contribution is -1.70. The van der Waals surface area contributed by atoms with Crippen LogP contribution in [0.4, 0.5) is 0 Å². The highest BCUT2D eigenvalue weighted by Gasteiger charge is 1.94. The number of phenolic OH excluding ortho intramolecular Hbond substituents is 1. The molecule has 1 heteroatoms. The van der Waals surface area contributed by atoms with Gasteiger partial charge in [0.25, 0.3) is 0 Å². The summed E-state index contributed by atoms with van der Waals surface area (Å²) in [5.41, 5.74) is 0. The van der Waals surface area contributed by atoms with Crippen molar-refractivity contribution >= 4 is 10.8 Å². The van der Waals surface area contributed by atoms with Gasteiger partial charge in [-0.25, -0.2) is 0 Å². The molecule has 0 bridgehead atoms. The average molecular weight is 186 g/mol. The molecule has 0 amide bonds. The monoisotopic (exact) mass is 186 g/mol. The zero-order valence-electron chi connectivity index (χ0n) is 8.27. The Bertz CT molecular complexity index is 413. The van der Waals surface area contributed by atoms with E-state index in [1.807, 2.05) is 43.3 Å². The summed E-state index contributed by atoms with van der Waals surface area (Å²) in [4.78, 5) is 0. The third kappa shape index (κ3) is 2.36. The zero-order chi connectivity index (χ0) is 10.4. The maximum absolute atomic E-state index is 9.37. The van der Waals surface area contributed by atoms with Gasteiger partial charge in [-0.15, -0.1) is 6.58 Å². The fraction of sp³-hybridized carbons (Fsp3) is 0.0769. The number of fused-ring (bicyclic) bond motifs is 1. The second kappa shape index (κ2) is 5.07. The van der Waals surface area contributed by atoms with Gasteiger partial charge in [-0.2, -0.15) is 0 Å². The van der Waals surface area contributed by atoms with Crippen LogP contribution in [0, 0.1) is 0 Å². The molecule has 14 heavy (non-hydrogen) atoms. The predicted octanol–water partition coefficient (Wildman–Crippen LogP) is 3.74. The van der Waals surface area contributed by atoms with Gasteiger partial charge >= 0.3 is 0 Å². The lowest BCUT2D eigenvalue weighted by atomic mass is 10.1. The second-order valence-corrected chi connectivity index (χ2v) is 2.91. The van der Waals surface area contributed by atoms with E-state index in [2.05, 4.69) is 6.58 Å². The highest BCUT2D eigenvalue weighted by atomic mass is 16.3. The highest BCUT2D eigenvalue weighted by Crippen LogP contribution is 2.22. The molecule has 0 heterocycles. The van der Waals surface area contributed by atoms with E-state index in [1.165, 1.54) is 0 Å². The minimum atomic E-state index is 0.350. The molecule has 0 unspecified atom stereocenters. The van der Waals surface area contributed by atoms with Crippen molar-refractivity contribution in [3.8, 4) is 5.75 Å². The van der Waals surface area contributed by atoms with Crippen LogP contribution >= 0.6 is 0 Å². The van der Waals surface area contributed by atoms with E-state index in [1.54, 1.807) is 12.1 Å². The van der Waals surface area contributed by atoms with Gasteiger partial charge in [-0.05, 0) is 18.4 Å². The summed E-state index contributed by atoms with van der Waals surface area (Å²) < 4.78 is 0. The Morgan fingerprint density at radius 1 is 1.07 bits per heavy atom. The molecule has 0 atom stereocenters. The normalized spacial score (nSPS) is 8.93. The summed E-state index contributed by atoms with van der Waals surface area (Å²) in [6.45, 7) is 5.25. The fourth-order valence-corrected chi connectivity index (χ4v) is 1.21. The number of hydrogen-bond acceptors (Lipinski definition) is 1. The van der Waals surface area contributed by atoms with Gasteiger partial charge in [0.1, 0.15) is 5.75 Å². The number of phenols is 1. The van der Waals surface area contributed by atoms with Crippen LogP contribution < -0.4 is 0 Å². The molecule has 2 aromatic rings. The number of hydrogen-bond donors (Lipinski definition) is 1. The van der Waals surface area contributed by atoms with E-state index in [-0.39, 0.29) is 0 Å². The van der Waals surface area contributed by atoms with E-state index in [0.29, 0.717) is 5.75 Å². The van der Waals surface area contributed by atoms with Gasteiger partial charge in [0.05, 0.1) is 0 Å². The van der Waals surface area contributed by atoms with Crippen LogP contribution in [0.3, 0.4) is 0 Å². The summed E-state index contributed by atoms with van der Waals surface area (Å²) in [5.74, 6) is 0.350. The quantitative estimate of drug-likeness (QED) is 0.621. The van der Waals surface area contributed by atoms with Gasteiger partial charge in [-0.3, -0.25) is 0 Å². The van der Waals surface area contributed by atoms with Crippen LogP contribution in [-0.2, 0) is 0 Å². The first-order valence-corrected chi connectivity index (χ1v) is 4.53. The molecule has 0 aliphatic heterocycles. The molecular weight excluding hydrogens is 172 g/mol. The van der Waals surface area contributed by atoms with Crippen LogP contribution in [0.5, 0.6) is 5.75 Å². The Labute approximate surface area is 84.3 Å². The molecule has 0 saturated heterocycles. The largest absolute Gasteiger partial charge is 0.507 e.